The minimum atomic E-state index is 0.339. The molecular weight excluding hydrogens is 186 g/mol. The first kappa shape index (κ1) is 11.1. The van der Waals surface area contributed by atoms with E-state index in [1.54, 1.807) is 0 Å². The number of hydrogen-bond acceptors (Lipinski definition) is 1. The molecule has 0 saturated heterocycles. The summed E-state index contributed by atoms with van der Waals surface area (Å²) in [7, 11) is 4.30. The summed E-state index contributed by atoms with van der Waals surface area (Å²) in [6, 6.07) is 0. The van der Waals surface area contributed by atoms with Crippen LogP contribution in [0.3, 0.4) is 0 Å². The maximum absolute atomic E-state index is 12.2. The molecule has 1 N–H and O–H groups in total. The van der Waals surface area contributed by atoms with E-state index in [-0.39, 0.29) is 0 Å². The molecule has 2 heteroatoms. The molecule has 2 aliphatic rings. The summed E-state index contributed by atoms with van der Waals surface area (Å²) >= 11 is 0. The Balaban J connectivity index is 2.21. The van der Waals surface area contributed by atoms with E-state index in [0.717, 1.165) is 13.0 Å². The molecule has 0 aromatic carbocycles. The van der Waals surface area contributed by atoms with Crippen molar-refractivity contribution in [2.75, 3.05) is 20.6 Å². The van der Waals surface area contributed by atoms with Gasteiger partial charge in [-0.3, -0.25) is 4.79 Å². The van der Waals surface area contributed by atoms with Gasteiger partial charge in [-0.25, -0.2) is 0 Å². The standard InChI is InChI=1S/C13H23NO/c1-8-9-6-11(13(8,2)3)10(12(9)15)7-14(4)5/h8-11H,6-7H2,1-5H3/p+1/t8-,9-,10-,11+/m0/s1. The van der Waals surface area contributed by atoms with Crippen molar-refractivity contribution in [3.63, 3.8) is 0 Å². The highest BCUT2D eigenvalue weighted by Crippen LogP contribution is 2.59. The fourth-order valence-corrected chi connectivity index (χ4v) is 3.84. The molecule has 2 aliphatic carbocycles. The van der Waals surface area contributed by atoms with Crippen LogP contribution in [0.25, 0.3) is 0 Å². The van der Waals surface area contributed by atoms with E-state index in [1.165, 1.54) is 4.90 Å². The van der Waals surface area contributed by atoms with Crippen LogP contribution in [0.4, 0.5) is 0 Å². The lowest BCUT2D eigenvalue weighted by Gasteiger charge is -2.39. The second-order valence-corrected chi connectivity index (χ2v) is 6.48. The predicted octanol–water partition coefficient (Wildman–Crippen LogP) is 0.628. The topological polar surface area (TPSA) is 21.5 Å². The number of quaternary nitrogens is 1. The fraction of sp³-hybridized carbons (Fsp3) is 0.923. The third-order valence-corrected chi connectivity index (χ3v) is 5.09. The minimum absolute atomic E-state index is 0.339. The van der Waals surface area contributed by atoms with E-state index in [4.69, 9.17) is 0 Å². The summed E-state index contributed by atoms with van der Waals surface area (Å²) in [5, 5.41) is 0. The fourth-order valence-electron chi connectivity index (χ4n) is 3.84. The van der Waals surface area contributed by atoms with Gasteiger partial charge in [-0.15, -0.1) is 0 Å². The van der Waals surface area contributed by atoms with Crippen LogP contribution in [0.1, 0.15) is 27.2 Å². The third-order valence-electron chi connectivity index (χ3n) is 5.09. The summed E-state index contributed by atoms with van der Waals surface area (Å²) in [6.45, 7) is 8.00. The zero-order valence-electron chi connectivity index (χ0n) is 10.6. The van der Waals surface area contributed by atoms with E-state index in [2.05, 4.69) is 34.9 Å². The van der Waals surface area contributed by atoms with Gasteiger partial charge >= 0.3 is 0 Å². The van der Waals surface area contributed by atoms with Crippen molar-refractivity contribution < 1.29 is 9.69 Å². The van der Waals surface area contributed by atoms with Crippen LogP contribution in [-0.4, -0.2) is 26.4 Å². The monoisotopic (exact) mass is 210 g/mol. The van der Waals surface area contributed by atoms with Gasteiger partial charge in [0.15, 0.2) is 0 Å². The highest BCUT2D eigenvalue weighted by molar-refractivity contribution is 5.87. The van der Waals surface area contributed by atoms with Crippen molar-refractivity contribution in [1.29, 1.82) is 0 Å². The van der Waals surface area contributed by atoms with Crippen molar-refractivity contribution >= 4 is 5.78 Å². The van der Waals surface area contributed by atoms with Crippen LogP contribution in [0.15, 0.2) is 0 Å². The third kappa shape index (κ3) is 1.45. The van der Waals surface area contributed by atoms with Gasteiger partial charge < -0.3 is 4.90 Å². The van der Waals surface area contributed by atoms with Gasteiger partial charge in [0.1, 0.15) is 5.78 Å². The lowest BCUT2D eigenvalue weighted by atomic mass is 9.65. The zero-order valence-corrected chi connectivity index (χ0v) is 10.6. The molecule has 0 radical (unpaired) electrons. The molecule has 15 heavy (non-hydrogen) atoms. The molecule has 86 valence electrons. The van der Waals surface area contributed by atoms with Crippen molar-refractivity contribution in [3.05, 3.63) is 0 Å². The van der Waals surface area contributed by atoms with E-state index in [0.29, 0.717) is 34.9 Å². The average Bonchev–Trinajstić information content (AvgIpc) is 2.52. The van der Waals surface area contributed by atoms with Crippen molar-refractivity contribution in [3.8, 4) is 0 Å². The van der Waals surface area contributed by atoms with Crippen molar-refractivity contribution in [1.82, 2.24) is 0 Å². The van der Waals surface area contributed by atoms with E-state index in [9.17, 15) is 4.79 Å². The Labute approximate surface area is 93.0 Å². The first-order chi connectivity index (χ1) is 6.85. The first-order valence-electron chi connectivity index (χ1n) is 6.18. The quantitative estimate of drug-likeness (QED) is 0.709. The van der Waals surface area contributed by atoms with Crippen LogP contribution in [-0.2, 0) is 4.79 Å². The predicted molar refractivity (Wildman–Crippen MR) is 60.7 cm³/mol. The van der Waals surface area contributed by atoms with Gasteiger partial charge in [0, 0.05) is 5.92 Å². The van der Waals surface area contributed by atoms with E-state index in [1.807, 2.05) is 0 Å². The number of carbonyl (C=O) groups is 1. The molecule has 2 rings (SSSR count). The Kier molecular flexibility index (Phi) is 2.45. The molecule has 0 aliphatic heterocycles. The summed E-state index contributed by atoms with van der Waals surface area (Å²) < 4.78 is 0. The number of fused-ring (bicyclic) bond motifs is 2. The maximum Gasteiger partial charge on any atom is 0.145 e. The van der Waals surface area contributed by atoms with Crippen molar-refractivity contribution in [2.24, 2.45) is 29.1 Å². The average molecular weight is 210 g/mol. The van der Waals surface area contributed by atoms with E-state index < -0.39 is 0 Å². The largest absolute Gasteiger partial charge is 0.339 e. The summed E-state index contributed by atoms with van der Waals surface area (Å²) in [4.78, 5) is 13.6. The first-order valence-corrected chi connectivity index (χ1v) is 6.18. The molecule has 2 bridgehead atoms. The summed E-state index contributed by atoms with van der Waals surface area (Å²) in [6.07, 6.45) is 1.16. The number of ketones is 1. The van der Waals surface area contributed by atoms with Crippen LogP contribution >= 0.6 is 0 Å². The zero-order chi connectivity index (χ0) is 11.4. The summed E-state index contributed by atoms with van der Waals surface area (Å²) in [5.74, 6) is 2.50. The SMILES string of the molecule is C[C@H]1[C@@H]2C[C@H]([C@H](C[NH+](C)C)C2=O)C1(C)C. The molecule has 0 amide bonds. The Hall–Kier alpha value is -0.370. The molecule has 0 spiro atoms. The molecular formula is C13H24NO+. The molecule has 2 nitrogen and oxygen atoms in total. The Morgan fingerprint density at radius 3 is 2.47 bits per heavy atom. The summed E-state index contributed by atoms with van der Waals surface area (Å²) in [5.41, 5.74) is 0.374. The number of hydrogen-bond donors (Lipinski definition) is 1. The van der Waals surface area contributed by atoms with Gasteiger partial charge in [-0.2, -0.15) is 0 Å². The van der Waals surface area contributed by atoms with Crippen LogP contribution < -0.4 is 4.90 Å². The smallest absolute Gasteiger partial charge is 0.145 e. The molecule has 4 atom stereocenters. The molecule has 0 heterocycles. The van der Waals surface area contributed by atoms with Gasteiger partial charge in [0.2, 0.25) is 0 Å². The maximum atomic E-state index is 12.2. The molecule has 2 fully saturated rings. The van der Waals surface area contributed by atoms with Crippen LogP contribution in [0.5, 0.6) is 0 Å². The van der Waals surface area contributed by atoms with Crippen LogP contribution in [0.2, 0.25) is 0 Å². The van der Waals surface area contributed by atoms with Crippen LogP contribution in [0, 0.1) is 29.1 Å². The van der Waals surface area contributed by atoms with Gasteiger partial charge in [0.05, 0.1) is 26.6 Å². The Morgan fingerprint density at radius 2 is 2.00 bits per heavy atom. The van der Waals surface area contributed by atoms with Gasteiger partial charge in [-0.1, -0.05) is 20.8 Å². The molecule has 0 unspecified atom stereocenters. The minimum Gasteiger partial charge on any atom is -0.339 e. The number of rotatable bonds is 2. The van der Waals surface area contributed by atoms with Gasteiger partial charge in [-0.05, 0) is 23.7 Å². The lowest BCUT2D eigenvalue weighted by molar-refractivity contribution is -0.861. The number of carbonyl (C=O) groups excluding carboxylic acids is 1. The second kappa shape index (κ2) is 3.31. The number of nitrogens with one attached hydrogen (secondary N) is 1. The molecule has 0 aromatic rings. The van der Waals surface area contributed by atoms with E-state index >= 15 is 0 Å². The highest BCUT2D eigenvalue weighted by Gasteiger charge is 2.60. The Morgan fingerprint density at radius 1 is 1.40 bits per heavy atom. The van der Waals surface area contributed by atoms with Crippen molar-refractivity contribution in [2.45, 2.75) is 27.2 Å². The Bertz CT molecular complexity index is 282. The molecule has 0 aromatic heterocycles. The lowest BCUT2D eigenvalue weighted by Crippen LogP contribution is -3.06. The molecule has 2 saturated carbocycles. The highest BCUT2D eigenvalue weighted by atomic mass is 16.1. The normalized spacial score (nSPS) is 42.9. The number of Topliss-reactive ketones (excluding diaryl/α,β-unsaturated/α-hetero) is 1. The second-order valence-electron chi connectivity index (χ2n) is 6.48. The van der Waals surface area contributed by atoms with Gasteiger partial charge in [0.25, 0.3) is 0 Å².